The van der Waals surface area contributed by atoms with Gasteiger partial charge in [-0.2, -0.15) is 10.4 Å². The molecule has 1 aromatic heterocycles. The predicted molar refractivity (Wildman–Crippen MR) is 98.1 cm³/mol. The van der Waals surface area contributed by atoms with Gasteiger partial charge in [-0.3, -0.25) is 15.1 Å². The average Bonchev–Trinajstić information content (AvgIpc) is 2.60. The number of nitrogens with one attached hydrogen (secondary N) is 1. The maximum absolute atomic E-state index is 11.9. The van der Waals surface area contributed by atoms with Crippen molar-refractivity contribution in [2.45, 2.75) is 13.0 Å². The standard InChI is InChI=1S/C16H16ClN5OS/c1-24-16(20-11-18)19-9-2-10-22-15(23)8-7-14(21-22)12-3-5-13(17)6-4-12/h3-8H,2,9-10H2,1H3,(H,19,20). The fourth-order valence-corrected chi connectivity index (χ4v) is 2.48. The summed E-state index contributed by atoms with van der Waals surface area (Å²) in [7, 11) is 0. The second kappa shape index (κ2) is 9.11. The molecule has 0 radical (unpaired) electrons. The van der Waals surface area contributed by atoms with E-state index in [0.29, 0.717) is 35.4 Å². The van der Waals surface area contributed by atoms with Gasteiger partial charge in [0.1, 0.15) is 0 Å². The number of nitriles is 1. The number of aliphatic imine (C=N–C) groups is 1. The summed E-state index contributed by atoms with van der Waals surface area (Å²) in [5, 5.41) is 16.7. The Balaban J connectivity index is 2.05. The van der Waals surface area contributed by atoms with Gasteiger partial charge < -0.3 is 0 Å². The van der Waals surface area contributed by atoms with Gasteiger partial charge in [-0.1, -0.05) is 35.5 Å². The zero-order valence-electron chi connectivity index (χ0n) is 13.1. The number of halogens is 1. The van der Waals surface area contributed by atoms with Crippen molar-refractivity contribution in [1.82, 2.24) is 15.1 Å². The Kier molecular flexibility index (Phi) is 6.85. The minimum Gasteiger partial charge on any atom is -0.272 e. The van der Waals surface area contributed by atoms with Gasteiger partial charge in [-0.15, -0.1) is 0 Å². The Labute approximate surface area is 149 Å². The van der Waals surface area contributed by atoms with Crippen LogP contribution >= 0.6 is 23.4 Å². The molecule has 2 aromatic rings. The first kappa shape index (κ1) is 18.0. The number of nitrogens with zero attached hydrogens (tertiary/aromatic N) is 4. The monoisotopic (exact) mass is 361 g/mol. The van der Waals surface area contributed by atoms with Gasteiger partial charge in [0.2, 0.25) is 0 Å². The Morgan fingerprint density at radius 1 is 1.38 bits per heavy atom. The van der Waals surface area contributed by atoms with Crippen molar-refractivity contribution >= 4 is 28.5 Å². The maximum atomic E-state index is 11.9. The van der Waals surface area contributed by atoms with Gasteiger partial charge in [-0.05, 0) is 30.9 Å². The highest BCUT2D eigenvalue weighted by atomic mass is 35.5. The van der Waals surface area contributed by atoms with Crippen molar-refractivity contribution in [1.29, 1.82) is 5.26 Å². The van der Waals surface area contributed by atoms with Crippen LogP contribution in [0.3, 0.4) is 0 Å². The molecule has 0 spiro atoms. The lowest BCUT2D eigenvalue weighted by Gasteiger charge is -2.07. The van der Waals surface area contributed by atoms with Crippen LogP contribution in [0.5, 0.6) is 0 Å². The molecule has 0 fully saturated rings. The van der Waals surface area contributed by atoms with Crippen LogP contribution in [0.4, 0.5) is 0 Å². The number of benzene rings is 1. The van der Waals surface area contributed by atoms with Crippen molar-refractivity contribution in [3.05, 3.63) is 51.8 Å². The van der Waals surface area contributed by atoms with E-state index in [0.717, 1.165) is 5.56 Å². The van der Waals surface area contributed by atoms with Crippen LogP contribution in [0.15, 0.2) is 46.2 Å². The molecule has 0 aliphatic heterocycles. The number of rotatable bonds is 5. The first-order chi connectivity index (χ1) is 11.6. The minimum atomic E-state index is -0.156. The molecule has 6 nitrogen and oxygen atoms in total. The fourth-order valence-electron chi connectivity index (χ4n) is 1.99. The molecule has 0 aliphatic rings. The minimum absolute atomic E-state index is 0.156. The third-order valence-electron chi connectivity index (χ3n) is 3.15. The molecule has 8 heteroatoms. The van der Waals surface area contributed by atoms with Crippen LogP contribution in [0, 0.1) is 11.5 Å². The van der Waals surface area contributed by atoms with Gasteiger partial charge in [0.15, 0.2) is 11.4 Å². The number of hydrogen-bond donors (Lipinski definition) is 1. The van der Waals surface area contributed by atoms with E-state index in [1.54, 1.807) is 18.2 Å². The summed E-state index contributed by atoms with van der Waals surface area (Å²) in [4.78, 5) is 16.2. The number of hydrogen-bond acceptors (Lipinski definition) is 5. The van der Waals surface area contributed by atoms with E-state index in [1.807, 2.05) is 24.6 Å². The third kappa shape index (κ3) is 5.11. The Bertz CT molecular complexity index is 810. The maximum Gasteiger partial charge on any atom is 0.266 e. The van der Waals surface area contributed by atoms with Crippen molar-refractivity contribution in [3.63, 3.8) is 0 Å². The van der Waals surface area contributed by atoms with Gasteiger partial charge in [0.25, 0.3) is 5.56 Å². The number of amidine groups is 1. The smallest absolute Gasteiger partial charge is 0.266 e. The second-order valence-corrected chi connectivity index (χ2v) is 6.00. The molecule has 1 heterocycles. The normalized spacial score (nSPS) is 11.1. The number of aromatic nitrogens is 2. The highest BCUT2D eigenvalue weighted by molar-refractivity contribution is 8.13. The Hall–Kier alpha value is -2.30. The Morgan fingerprint density at radius 2 is 2.12 bits per heavy atom. The SMILES string of the molecule is CS/C(=N\CCCn1nc(-c2ccc(Cl)cc2)ccc1=O)NC#N. The van der Waals surface area contributed by atoms with Crippen molar-refractivity contribution < 1.29 is 0 Å². The second-order valence-electron chi connectivity index (χ2n) is 4.77. The molecule has 1 aromatic carbocycles. The lowest BCUT2D eigenvalue weighted by atomic mass is 10.1. The van der Waals surface area contributed by atoms with Gasteiger partial charge in [0, 0.05) is 29.7 Å². The molecular formula is C16H16ClN5OS. The highest BCUT2D eigenvalue weighted by Gasteiger charge is 2.04. The van der Waals surface area contributed by atoms with E-state index in [1.165, 1.54) is 22.5 Å². The lowest BCUT2D eigenvalue weighted by Crippen LogP contribution is -2.23. The van der Waals surface area contributed by atoms with Gasteiger partial charge in [-0.25, -0.2) is 4.68 Å². The summed E-state index contributed by atoms with van der Waals surface area (Å²) in [5.74, 6) is 0. The van der Waals surface area contributed by atoms with Crippen molar-refractivity contribution in [2.24, 2.45) is 4.99 Å². The summed E-state index contributed by atoms with van der Waals surface area (Å²) >= 11 is 7.25. The van der Waals surface area contributed by atoms with Crippen LogP contribution in [0.1, 0.15) is 6.42 Å². The first-order valence-corrected chi connectivity index (χ1v) is 8.82. The van der Waals surface area contributed by atoms with Crippen LogP contribution in [-0.4, -0.2) is 27.7 Å². The predicted octanol–water partition coefficient (Wildman–Crippen LogP) is 2.74. The lowest BCUT2D eigenvalue weighted by molar-refractivity contribution is 0.556. The largest absolute Gasteiger partial charge is 0.272 e. The molecule has 0 aliphatic carbocycles. The number of thioether (sulfide) groups is 1. The topological polar surface area (TPSA) is 83.1 Å². The zero-order valence-corrected chi connectivity index (χ0v) is 14.6. The van der Waals surface area contributed by atoms with Crippen LogP contribution in [0.25, 0.3) is 11.3 Å². The number of aryl methyl sites for hydroxylation is 1. The van der Waals surface area contributed by atoms with E-state index in [-0.39, 0.29) is 5.56 Å². The third-order valence-corrected chi connectivity index (χ3v) is 4.02. The molecule has 24 heavy (non-hydrogen) atoms. The molecule has 0 atom stereocenters. The van der Waals surface area contributed by atoms with E-state index in [2.05, 4.69) is 15.4 Å². The van der Waals surface area contributed by atoms with E-state index in [4.69, 9.17) is 16.9 Å². The summed E-state index contributed by atoms with van der Waals surface area (Å²) in [6, 6.07) is 10.5. The molecular weight excluding hydrogens is 346 g/mol. The van der Waals surface area contributed by atoms with E-state index >= 15 is 0 Å². The van der Waals surface area contributed by atoms with E-state index in [9.17, 15) is 4.79 Å². The quantitative estimate of drug-likeness (QED) is 0.291. The van der Waals surface area contributed by atoms with Crippen molar-refractivity contribution in [2.75, 3.05) is 12.8 Å². The molecule has 0 unspecified atom stereocenters. The zero-order chi connectivity index (χ0) is 17.4. The molecule has 0 bridgehead atoms. The summed E-state index contributed by atoms with van der Waals surface area (Å²) in [6.07, 6.45) is 4.32. The molecule has 2 rings (SSSR count). The van der Waals surface area contributed by atoms with Gasteiger partial charge in [0.05, 0.1) is 5.69 Å². The fraction of sp³-hybridized carbons (Fsp3) is 0.250. The van der Waals surface area contributed by atoms with Crippen LogP contribution < -0.4 is 10.9 Å². The molecule has 0 saturated heterocycles. The van der Waals surface area contributed by atoms with E-state index < -0.39 is 0 Å². The Morgan fingerprint density at radius 3 is 2.79 bits per heavy atom. The molecule has 1 N–H and O–H groups in total. The first-order valence-electron chi connectivity index (χ1n) is 7.21. The van der Waals surface area contributed by atoms with Crippen molar-refractivity contribution in [3.8, 4) is 17.5 Å². The molecule has 124 valence electrons. The van der Waals surface area contributed by atoms with Crippen LogP contribution in [0.2, 0.25) is 5.02 Å². The average molecular weight is 362 g/mol. The van der Waals surface area contributed by atoms with Crippen LogP contribution in [-0.2, 0) is 6.54 Å². The summed E-state index contributed by atoms with van der Waals surface area (Å²) in [6.45, 7) is 0.960. The van der Waals surface area contributed by atoms with Gasteiger partial charge >= 0.3 is 0 Å². The summed E-state index contributed by atoms with van der Waals surface area (Å²) in [5.41, 5.74) is 1.46. The highest BCUT2D eigenvalue weighted by Crippen LogP contribution is 2.18. The molecule has 0 saturated carbocycles. The summed E-state index contributed by atoms with van der Waals surface area (Å²) < 4.78 is 1.43. The molecule has 0 amide bonds.